The maximum absolute atomic E-state index is 12.6. The molecule has 0 spiro atoms. The summed E-state index contributed by atoms with van der Waals surface area (Å²) in [4.78, 5) is 24.7. The van der Waals surface area contributed by atoms with Gasteiger partial charge in [-0.15, -0.1) is 0 Å². The van der Waals surface area contributed by atoms with Crippen LogP contribution in [0.4, 0.5) is 0 Å². The summed E-state index contributed by atoms with van der Waals surface area (Å²) in [6.07, 6.45) is 99.9. The largest absolute Gasteiger partial charge is 0.466 e. The Bertz CT molecular complexity index is 1380. The Morgan fingerprint density at radius 2 is 0.568 bits per heavy atom. The van der Waals surface area contributed by atoms with Crippen molar-refractivity contribution in [2.45, 2.75) is 475 Å². The highest BCUT2D eigenvalue weighted by molar-refractivity contribution is 5.76. The number of unbranched alkanes of at least 4 members (excludes halogenated alkanes) is 62. The van der Waals surface area contributed by atoms with Gasteiger partial charge in [-0.25, -0.2) is 0 Å². The maximum atomic E-state index is 12.6. The van der Waals surface area contributed by atoms with Crippen molar-refractivity contribution in [3.8, 4) is 0 Å². The van der Waals surface area contributed by atoms with Crippen LogP contribution in [0.25, 0.3) is 0 Å². The summed E-state index contributed by atoms with van der Waals surface area (Å²) < 4.78 is 5.52. The minimum absolute atomic E-state index is 0.0192. The number of hydrogen-bond acceptors (Lipinski definition) is 5. The molecule has 0 aliphatic carbocycles. The lowest BCUT2D eigenvalue weighted by atomic mass is 10.0. The first kappa shape index (κ1) is 86.3. The van der Waals surface area contributed by atoms with E-state index < -0.39 is 12.1 Å². The van der Waals surface area contributed by atoms with E-state index in [1.165, 1.54) is 385 Å². The second kappa shape index (κ2) is 77.8. The molecule has 1 amide bonds. The van der Waals surface area contributed by atoms with Crippen molar-refractivity contribution >= 4 is 11.9 Å². The fourth-order valence-corrected chi connectivity index (χ4v) is 13.1. The molecule has 522 valence electrons. The van der Waals surface area contributed by atoms with Gasteiger partial charge in [0, 0.05) is 12.8 Å². The Morgan fingerprint density at radius 1 is 0.318 bits per heavy atom. The van der Waals surface area contributed by atoms with Crippen molar-refractivity contribution in [3.63, 3.8) is 0 Å². The number of nitrogens with one attached hydrogen (secondary N) is 1. The first-order chi connectivity index (χ1) is 43.5. The Kier molecular flexibility index (Phi) is 76.3. The third-order valence-corrected chi connectivity index (χ3v) is 19.3. The molecule has 0 bridgehead atoms. The number of carbonyl (C=O) groups is 2. The Hall–Kier alpha value is -1.66. The minimum Gasteiger partial charge on any atom is -0.466 e. The molecule has 0 aliphatic rings. The number of esters is 1. The van der Waals surface area contributed by atoms with Crippen LogP contribution in [0.3, 0.4) is 0 Å². The van der Waals surface area contributed by atoms with Gasteiger partial charge >= 0.3 is 5.97 Å². The summed E-state index contributed by atoms with van der Waals surface area (Å²) in [7, 11) is 0. The molecule has 2 atom stereocenters. The highest BCUT2D eigenvalue weighted by atomic mass is 16.5. The van der Waals surface area contributed by atoms with E-state index in [-0.39, 0.29) is 18.5 Å². The summed E-state index contributed by atoms with van der Waals surface area (Å²) in [5, 5.41) is 23.5. The fraction of sp³-hybridized carbons (Fsp3) is 0.927. The summed E-state index contributed by atoms with van der Waals surface area (Å²) in [6.45, 7) is 5.01. The Morgan fingerprint density at radius 3 is 0.864 bits per heavy atom. The number of carbonyl (C=O) groups excluding carboxylic acids is 2. The second-order valence-electron chi connectivity index (χ2n) is 28.1. The van der Waals surface area contributed by atoms with Gasteiger partial charge in [-0.1, -0.05) is 417 Å². The van der Waals surface area contributed by atoms with E-state index in [1.807, 2.05) is 0 Å². The van der Waals surface area contributed by atoms with E-state index in [1.54, 1.807) is 0 Å². The molecule has 0 aromatic carbocycles. The van der Waals surface area contributed by atoms with Crippen LogP contribution in [0.5, 0.6) is 0 Å². The van der Waals surface area contributed by atoms with Crippen LogP contribution >= 0.6 is 0 Å². The monoisotopic (exact) mass is 1240 g/mol. The van der Waals surface area contributed by atoms with Crippen LogP contribution in [-0.4, -0.2) is 47.4 Å². The van der Waals surface area contributed by atoms with Crippen LogP contribution in [0.15, 0.2) is 24.3 Å². The van der Waals surface area contributed by atoms with E-state index in [2.05, 4.69) is 43.5 Å². The van der Waals surface area contributed by atoms with Crippen molar-refractivity contribution in [3.05, 3.63) is 24.3 Å². The zero-order chi connectivity index (χ0) is 63.5. The third-order valence-electron chi connectivity index (χ3n) is 19.3. The highest BCUT2D eigenvalue weighted by Gasteiger charge is 2.20. The normalized spacial score (nSPS) is 12.5. The Balaban J connectivity index is 3.37. The van der Waals surface area contributed by atoms with Crippen molar-refractivity contribution in [2.24, 2.45) is 0 Å². The van der Waals surface area contributed by atoms with Crippen LogP contribution in [0, 0.1) is 0 Å². The van der Waals surface area contributed by atoms with Gasteiger partial charge in [-0.2, -0.15) is 0 Å². The number of amides is 1. The molecule has 0 rings (SSSR count). The first-order valence-electron chi connectivity index (χ1n) is 40.6. The molecule has 0 saturated carbocycles. The van der Waals surface area contributed by atoms with Crippen LogP contribution in [-0.2, 0) is 14.3 Å². The number of aliphatic hydroxyl groups excluding tert-OH is 2. The summed E-state index contributed by atoms with van der Waals surface area (Å²) in [6, 6.07) is -0.542. The van der Waals surface area contributed by atoms with Crippen LogP contribution in [0.1, 0.15) is 463 Å². The molecule has 6 heteroatoms. The minimum atomic E-state index is -0.665. The SMILES string of the molecule is CCCCCCCCCCCCCCCCCCCCCCCC(O)C(CO)NC(=O)CCCCCCCCCCCCCCCCC/C=C\C/C=C\CCCCCCCCCCCOC(=O)CCCCCCCCCCCCCCCCCCCCC. The average Bonchev–Trinajstić information content (AvgIpc) is 3.58. The third kappa shape index (κ3) is 73.4. The number of aliphatic hydroxyl groups is 2. The quantitative estimate of drug-likeness (QED) is 0.0320. The van der Waals surface area contributed by atoms with Crippen LogP contribution in [0.2, 0.25) is 0 Å². The van der Waals surface area contributed by atoms with Gasteiger partial charge in [0.25, 0.3) is 0 Å². The van der Waals surface area contributed by atoms with Gasteiger partial charge < -0.3 is 20.3 Å². The lowest BCUT2D eigenvalue weighted by molar-refractivity contribution is -0.143. The van der Waals surface area contributed by atoms with E-state index in [9.17, 15) is 19.8 Å². The molecule has 0 aromatic heterocycles. The van der Waals surface area contributed by atoms with Gasteiger partial charge in [0.1, 0.15) is 0 Å². The topological polar surface area (TPSA) is 95.9 Å². The molecular formula is C82H159NO5. The molecule has 0 fully saturated rings. The lowest BCUT2D eigenvalue weighted by Gasteiger charge is -2.22. The zero-order valence-corrected chi connectivity index (χ0v) is 60.0. The molecular weight excluding hydrogens is 1080 g/mol. The van der Waals surface area contributed by atoms with Crippen molar-refractivity contribution in [1.29, 1.82) is 0 Å². The van der Waals surface area contributed by atoms with E-state index >= 15 is 0 Å². The van der Waals surface area contributed by atoms with Gasteiger partial charge in [0.2, 0.25) is 5.91 Å². The average molecular weight is 1240 g/mol. The van der Waals surface area contributed by atoms with Gasteiger partial charge in [0.05, 0.1) is 25.4 Å². The van der Waals surface area contributed by atoms with Gasteiger partial charge in [-0.05, 0) is 57.8 Å². The summed E-state index contributed by atoms with van der Waals surface area (Å²) >= 11 is 0. The smallest absolute Gasteiger partial charge is 0.305 e. The van der Waals surface area contributed by atoms with Crippen molar-refractivity contribution < 1.29 is 24.5 Å². The standard InChI is InChI=1S/C82H159NO5/c1-3-5-7-9-11-13-15-17-19-21-23-35-39-42-46-50-54-58-62-66-70-74-80(85)79(78-84)83-81(86)75-71-67-63-59-55-51-47-43-40-36-33-31-29-27-25-24-26-28-30-32-34-37-41-45-49-53-57-61-65-69-73-77-88-82(87)76-72-68-64-60-56-52-48-44-38-22-20-18-16-14-12-10-8-6-4-2/h26,28,32,34,79-80,84-85H,3-25,27,29-31,33,35-78H2,1-2H3,(H,83,86)/b28-26-,34-32-. The molecule has 0 aromatic rings. The molecule has 0 saturated heterocycles. The van der Waals surface area contributed by atoms with Gasteiger partial charge in [0.15, 0.2) is 0 Å². The van der Waals surface area contributed by atoms with E-state index in [0.717, 1.165) is 44.9 Å². The van der Waals surface area contributed by atoms with Crippen LogP contribution < -0.4 is 5.32 Å². The first-order valence-corrected chi connectivity index (χ1v) is 40.6. The van der Waals surface area contributed by atoms with E-state index in [0.29, 0.717) is 25.9 Å². The Labute approximate surface area is 551 Å². The fourth-order valence-electron chi connectivity index (χ4n) is 13.1. The van der Waals surface area contributed by atoms with E-state index in [4.69, 9.17) is 4.74 Å². The predicted octanol–water partition coefficient (Wildman–Crippen LogP) is 26.8. The number of allylic oxidation sites excluding steroid dienone is 4. The molecule has 6 nitrogen and oxygen atoms in total. The summed E-state index contributed by atoms with van der Waals surface area (Å²) in [5.41, 5.74) is 0. The molecule has 88 heavy (non-hydrogen) atoms. The maximum Gasteiger partial charge on any atom is 0.305 e. The molecule has 0 heterocycles. The molecule has 3 N–H and O–H groups in total. The number of hydrogen-bond donors (Lipinski definition) is 3. The summed E-state index contributed by atoms with van der Waals surface area (Å²) in [5.74, 6) is -0.00988. The highest BCUT2D eigenvalue weighted by Crippen LogP contribution is 2.20. The zero-order valence-electron chi connectivity index (χ0n) is 60.0. The second-order valence-corrected chi connectivity index (χ2v) is 28.1. The molecule has 0 aliphatic heterocycles. The number of rotatable bonds is 77. The van der Waals surface area contributed by atoms with Crippen molar-refractivity contribution in [1.82, 2.24) is 5.32 Å². The van der Waals surface area contributed by atoms with Gasteiger partial charge in [-0.3, -0.25) is 9.59 Å². The lowest BCUT2D eigenvalue weighted by Crippen LogP contribution is -2.45. The molecule has 2 unspecified atom stereocenters. The predicted molar refractivity (Wildman–Crippen MR) is 389 cm³/mol. The number of ether oxygens (including phenoxy) is 1. The van der Waals surface area contributed by atoms with Crippen molar-refractivity contribution in [2.75, 3.05) is 13.2 Å². The molecule has 0 radical (unpaired) electrons.